The van der Waals surface area contributed by atoms with Crippen LogP contribution in [0.5, 0.6) is 0 Å². The standard InChI is InChI=1S/C19H26N6O2/c1-5-20-17(26)15-9-10-25(12-15)18(27)14-8-6-7-13(11-14)16-21-19(23(2)3)24(4)22-16/h6-8,11,15H,5,9-10,12H2,1-4H3,(H,20,26). The number of carbonyl (C=O) groups is 2. The average Bonchev–Trinajstić information content (AvgIpc) is 3.28. The number of anilines is 1. The van der Waals surface area contributed by atoms with Crippen molar-refractivity contribution >= 4 is 17.8 Å². The first-order valence-electron chi connectivity index (χ1n) is 9.16. The van der Waals surface area contributed by atoms with Gasteiger partial charge in [0.15, 0.2) is 5.82 Å². The number of aromatic nitrogens is 3. The summed E-state index contributed by atoms with van der Waals surface area (Å²) < 4.78 is 1.71. The molecule has 1 aliphatic heterocycles. The van der Waals surface area contributed by atoms with Crippen LogP contribution in [0.15, 0.2) is 24.3 Å². The third kappa shape index (κ3) is 3.94. The number of amides is 2. The van der Waals surface area contributed by atoms with Gasteiger partial charge in [0.05, 0.1) is 5.92 Å². The normalized spacial score (nSPS) is 16.4. The van der Waals surface area contributed by atoms with Crippen molar-refractivity contribution in [2.45, 2.75) is 13.3 Å². The van der Waals surface area contributed by atoms with Crippen molar-refractivity contribution in [1.82, 2.24) is 25.0 Å². The smallest absolute Gasteiger partial charge is 0.253 e. The monoisotopic (exact) mass is 370 g/mol. The van der Waals surface area contributed by atoms with Gasteiger partial charge in [-0.3, -0.25) is 9.59 Å². The highest BCUT2D eigenvalue weighted by Gasteiger charge is 2.31. The van der Waals surface area contributed by atoms with Crippen LogP contribution in [0.1, 0.15) is 23.7 Å². The molecule has 27 heavy (non-hydrogen) atoms. The Morgan fingerprint density at radius 1 is 1.33 bits per heavy atom. The molecule has 8 heteroatoms. The maximum atomic E-state index is 12.9. The largest absolute Gasteiger partial charge is 0.356 e. The van der Waals surface area contributed by atoms with Gasteiger partial charge in [-0.1, -0.05) is 12.1 Å². The van der Waals surface area contributed by atoms with Gasteiger partial charge in [0.2, 0.25) is 11.9 Å². The molecular formula is C19H26N6O2. The zero-order chi connectivity index (χ0) is 19.6. The van der Waals surface area contributed by atoms with Gasteiger partial charge in [-0.2, -0.15) is 4.98 Å². The minimum Gasteiger partial charge on any atom is -0.356 e. The molecule has 1 aromatic heterocycles. The highest BCUT2D eigenvalue weighted by atomic mass is 16.2. The lowest BCUT2D eigenvalue weighted by molar-refractivity contribution is -0.124. The second-order valence-corrected chi connectivity index (χ2v) is 6.97. The van der Waals surface area contributed by atoms with E-state index in [4.69, 9.17) is 0 Å². The van der Waals surface area contributed by atoms with Crippen LogP contribution in [0, 0.1) is 5.92 Å². The molecule has 1 atom stereocenters. The van der Waals surface area contributed by atoms with Crippen LogP contribution in [0.25, 0.3) is 11.4 Å². The molecule has 0 aliphatic carbocycles. The summed E-state index contributed by atoms with van der Waals surface area (Å²) in [6.07, 6.45) is 0.700. The van der Waals surface area contributed by atoms with Crippen molar-refractivity contribution in [2.24, 2.45) is 13.0 Å². The Hall–Kier alpha value is -2.90. The number of rotatable bonds is 5. The molecule has 8 nitrogen and oxygen atoms in total. The summed E-state index contributed by atoms with van der Waals surface area (Å²) in [7, 11) is 5.66. The number of benzene rings is 1. The first kappa shape index (κ1) is 18.9. The zero-order valence-corrected chi connectivity index (χ0v) is 16.3. The number of hydrogen-bond acceptors (Lipinski definition) is 5. The molecule has 3 rings (SSSR count). The maximum Gasteiger partial charge on any atom is 0.253 e. The summed E-state index contributed by atoms with van der Waals surface area (Å²) >= 11 is 0. The van der Waals surface area contributed by atoms with E-state index in [-0.39, 0.29) is 17.7 Å². The average molecular weight is 370 g/mol. The van der Waals surface area contributed by atoms with Crippen LogP contribution in [0.3, 0.4) is 0 Å². The summed E-state index contributed by atoms with van der Waals surface area (Å²) in [4.78, 5) is 33.0. The van der Waals surface area contributed by atoms with Crippen molar-refractivity contribution in [1.29, 1.82) is 0 Å². The third-order valence-corrected chi connectivity index (χ3v) is 4.71. The van der Waals surface area contributed by atoms with Crippen LogP contribution in [-0.4, -0.2) is 65.2 Å². The number of nitrogens with one attached hydrogen (secondary N) is 1. The van der Waals surface area contributed by atoms with E-state index >= 15 is 0 Å². The summed E-state index contributed by atoms with van der Waals surface area (Å²) in [6.45, 7) is 3.56. The number of nitrogens with zero attached hydrogens (tertiary/aromatic N) is 5. The number of likely N-dealkylation sites (tertiary alicyclic amines) is 1. The Balaban J connectivity index is 1.77. The van der Waals surface area contributed by atoms with Gasteiger partial charge in [-0.25, -0.2) is 4.68 Å². The molecule has 1 aliphatic rings. The number of carbonyl (C=O) groups excluding carboxylic acids is 2. The molecule has 0 saturated carbocycles. The van der Waals surface area contributed by atoms with Crippen molar-refractivity contribution in [3.8, 4) is 11.4 Å². The van der Waals surface area contributed by atoms with Gasteiger partial charge >= 0.3 is 0 Å². The van der Waals surface area contributed by atoms with Gasteiger partial charge in [0, 0.05) is 51.9 Å². The van der Waals surface area contributed by atoms with Crippen LogP contribution in [0.4, 0.5) is 5.95 Å². The molecular weight excluding hydrogens is 344 g/mol. The predicted molar refractivity (Wildman–Crippen MR) is 103 cm³/mol. The lowest BCUT2D eigenvalue weighted by Gasteiger charge is -2.16. The van der Waals surface area contributed by atoms with Gasteiger partial charge < -0.3 is 15.1 Å². The fraction of sp³-hybridized carbons (Fsp3) is 0.474. The van der Waals surface area contributed by atoms with Gasteiger partial charge in [-0.15, -0.1) is 5.10 Å². The van der Waals surface area contributed by atoms with E-state index < -0.39 is 0 Å². The predicted octanol–water partition coefficient (Wildman–Crippen LogP) is 1.15. The van der Waals surface area contributed by atoms with E-state index in [2.05, 4.69) is 15.4 Å². The third-order valence-electron chi connectivity index (χ3n) is 4.71. The van der Waals surface area contributed by atoms with Gasteiger partial charge in [-0.05, 0) is 25.5 Å². The highest BCUT2D eigenvalue weighted by Crippen LogP contribution is 2.23. The summed E-state index contributed by atoms with van der Waals surface area (Å²) in [5.41, 5.74) is 1.38. The molecule has 0 radical (unpaired) electrons. The van der Waals surface area contributed by atoms with Crippen LogP contribution in [-0.2, 0) is 11.8 Å². The highest BCUT2D eigenvalue weighted by molar-refractivity contribution is 5.96. The zero-order valence-electron chi connectivity index (χ0n) is 16.3. The number of aryl methyl sites for hydroxylation is 1. The van der Waals surface area contributed by atoms with E-state index in [0.29, 0.717) is 37.4 Å². The van der Waals surface area contributed by atoms with Crippen LogP contribution < -0.4 is 10.2 Å². The second kappa shape index (κ2) is 7.77. The van der Waals surface area contributed by atoms with Crippen molar-refractivity contribution in [2.75, 3.05) is 38.6 Å². The first-order valence-corrected chi connectivity index (χ1v) is 9.16. The van der Waals surface area contributed by atoms with Crippen molar-refractivity contribution < 1.29 is 9.59 Å². The van der Waals surface area contributed by atoms with Crippen molar-refractivity contribution in [3.63, 3.8) is 0 Å². The molecule has 0 spiro atoms. The minimum absolute atomic E-state index is 0.0236. The Morgan fingerprint density at radius 2 is 2.11 bits per heavy atom. The van der Waals surface area contributed by atoms with Gasteiger partial charge in [0.25, 0.3) is 5.91 Å². The Morgan fingerprint density at radius 3 is 2.78 bits per heavy atom. The molecule has 1 N–H and O–H groups in total. The summed E-state index contributed by atoms with van der Waals surface area (Å²) in [6, 6.07) is 7.34. The molecule has 2 heterocycles. The SMILES string of the molecule is CCNC(=O)C1CCN(C(=O)c2cccc(-c3nc(N(C)C)n(C)n3)c2)C1. The Kier molecular flexibility index (Phi) is 5.43. The molecule has 144 valence electrons. The number of hydrogen-bond donors (Lipinski definition) is 1. The molecule has 1 fully saturated rings. The lowest BCUT2D eigenvalue weighted by Crippen LogP contribution is -2.34. The van der Waals surface area contributed by atoms with Gasteiger partial charge in [0.1, 0.15) is 0 Å². The fourth-order valence-electron chi connectivity index (χ4n) is 3.34. The first-order chi connectivity index (χ1) is 12.9. The summed E-state index contributed by atoms with van der Waals surface area (Å²) in [5, 5.41) is 7.28. The lowest BCUT2D eigenvalue weighted by atomic mass is 10.1. The van der Waals surface area contributed by atoms with Crippen LogP contribution >= 0.6 is 0 Å². The van der Waals surface area contributed by atoms with E-state index in [1.807, 2.05) is 51.2 Å². The topological polar surface area (TPSA) is 83.4 Å². The quantitative estimate of drug-likeness (QED) is 0.854. The minimum atomic E-state index is -0.128. The molecule has 2 aromatic rings. The maximum absolute atomic E-state index is 12.9. The molecule has 1 saturated heterocycles. The van der Waals surface area contributed by atoms with E-state index in [1.54, 1.807) is 15.6 Å². The molecule has 2 amide bonds. The second-order valence-electron chi connectivity index (χ2n) is 6.97. The van der Waals surface area contributed by atoms with E-state index in [9.17, 15) is 9.59 Å². The summed E-state index contributed by atoms with van der Waals surface area (Å²) in [5.74, 6) is 1.16. The Bertz CT molecular complexity index is 844. The molecule has 0 bridgehead atoms. The Labute approximate surface area is 159 Å². The van der Waals surface area contributed by atoms with E-state index in [1.165, 1.54) is 0 Å². The van der Waals surface area contributed by atoms with E-state index in [0.717, 1.165) is 11.5 Å². The molecule has 1 unspecified atom stereocenters. The van der Waals surface area contributed by atoms with Crippen LogP contribution in [0.2, 0.25) is 0 Å². The van der Waals surface area contributed by atoms with Crippen molar-refractivity contribution in [3.05, 3.63) is 29.8 Å². The fourth-order valence-corrected chi connectivity index (χ4v) is 3.34. The molecule has 1 aromatic carbocycles.